The largest absolute Gasteiger partial charge is 0.382 e. The highest BCUT2D eigenvalue weighted by Crippen LogP contribution is 2.35. The van der Waals surface area contributed by atoms with Crippen molar-refractivity contribution >= 4 is 16.6 Å². The molecule has 2 N–H and O–H groups in total. The second-order valence-electron chi connectivity index (χ2n) is 5.95. The average molecular weight is 293 g/mol. The van der Waals surface area contributed by atoms with Gasteiger partial charge < -0.3 is 5.73 Å². The molecule has 0 unspecified atom stereocenters. The number of benzene rings is 2. The summed E-state index contributed by atoms with van der Waals surface area (Å²) in [4.78, 5) is 0. The fraction of sp³-hybridized carbons (Fsp3) is 0.222. The zero-order valence-corrected chi connectivity index (χ0v) is 12.1. The molecule has 0 bridgehead atoms. The quantitative estimate of drug-likeness (QED) is 0.795. The minimum atomic E-state index is -0.235. The number of nitrogens with zero attached hydrogens (tertiary/aromatic N) is 2. The van der Waals surface area contributed by atoms with E-state index in [4.69, 9.17) is 5.73 Å². The van der Waals surface area contributed by atoms with Crippen LogP contribution in [-0.2, 0) is 6.42 Å². The fourth-order valence-electron chi connectivity index (χ4n) is 2.80. The molecule has 4 heteroatoms. The first-order valence-corrected chi connectivity index (χ1v) is 7.51. The monoisotopic (exact) mass is 293 g/mol. The van der Waals surface area contributed by atoms with Crippen molar-refractivity contribution in [2.75, 3.05) is 5.73 Å². The van der Waals surface area contributed by atoms with E-state index in [9.17, 15) is 4.39 Å². The summed E-state index contributed by atoms with van der Waals surface area (Å²) in [7, 11) is 0. The molecular weight excluding hydrogens is 277 g/mol. The first kappa shape index (κ1) is 13.2. The Morgan fingerprint density at radius 3 is 2.41 bits per heavy atom. The van der Waals surface area contributed by atoms with E-state index in [1.54, 1.807) is 12.1 Å². The third-order valence-corrected chi connectivity index (χ3v) is 4.24. The van der Waals surface area contributed by atoms with Gasteiger partial charge in [-0.1, -0.05) is 24.3 Å². The van der Waals surface area contributed by atoms with E-state index in [-0.39, 0.29) is 5.82 Å². The summed E-state index contributed by atoms with van der Waals surface area (Å²) < 4.78 is 13.1. The number of hydrogen-bond acceptors (Lipinski definition) is 3. The Labute approximate surface area is 128 Å². The van der Waals surface area contributed by atoms with Gasteiger partial charge >= 0.3 is 0 Å². The first-order chi connectivity index (χ1) is 10.7. The smallest absolute Gasteiger partial charge is 0.154 e. The van der Waals surface area contributed by atoms with Crippen LogP contribution in [0.15, 0.2) is 42.5 Å². The van der Waals surface area contributed by atoms with E-state index < -0.39 is 0 Å². The number of anilines is 1. The Morgan fingerprint density at radius 2 is 1.68 bits per heavy atom. The summed E-state index contributed by atoms with van der Waals surface area (Å²) in [6, 6.07) is 12.6. The number of nitrogens with two attached hydrogens (primary N) is 1. The standard InChI is InChI=1S/C18H16FN3/c19-14-6-3-12(4-7-14)13-5-8-15-16(10-13)18(20)22-21-17(15)9-11-1-2-11/h3-8,10-11H,1-2,9H2,(H2,20,22). The van der Waals surface area contributed by atoms with Gasteiger partial charge in [-0.3, -0.25) is 0 Å². The molecule has 1 aliphatic rings. The molecule has 1 heterocycles. The van der Waals surface area contributed by atoms with E-state index in [2.05, 4.69) is 16.3 Å². The summed E-state index contributed by atoms with van der Waals surface area (Å²) in [6.45, 7) is 0. The van der Waals surface area contributed by atoms with Gasteiger partial charge in [0.25, 0.3) is 0 Å². The zero-order valence-electron chi connectivity index (χ0n) is 12.1. The Balaban J connectivity index is 1.82. The summed E-state index contributed by atoms with van der Waals surface area (Å²) in [5.74, 6) is 0.957. The van der Waals surface area contributed by atoms with Gasteiger partial charge in [-0.2, -0.15) is 5.10 Å². The lowest BCUT2D eigenvalue weighted by Crippen LogP contribution is -2.01. The van der Waals surface area contributed by atoms with Gasteiger partial charge in [-0.15, -0.1) is 5.10 Å². The SMILES string of the molecule is Nc1nnc(CC2CC2)c2ccc(-c3ccc(F)cc3)cc12. The molecule has 1 aromatic heterocycles. The Morgan fingerprint density at radius 1 is 0.955 bits per heavy atom. The molecule has 3 aromatic rings. The topological polar surface area (TPSA) is 51.8 Å². The normalized spacial score (nSPS) is 14.4. The van der Waals surface area contributed by atoms with Crippen LogP contribution in [0.25, 0.3) is 21.9 Å². The highest BCUT2D eigenvalue weighted by molar-refractivity contribution is 5.95. The van der Waals surface area contributed by atoms with E-state index >= 15 is 0 Å². The number of hydrogen-bond donors (Lipinski definition) is 1. The van der Waals surface area contributed by atoms with Crippen molar-refractivity contribution < 1.29 is 4.39 Å². The Hall–Kier alpha value is -2.49. The van der Waals surface area contributed by atoms with Crippen molar-refractivity contribution in [2.24, 2.45) is 5.92 Å². The second kappa shape index (κ2) is 5.05. The first-order valence-electron chi connectivity index (χ1n) is 7.51. The van der Waals surface area contributed by atoms with Crippen molar-refractivity contribution in [3.05, 3.63) is 54.0 Å². The molecule has 0 atom stereocenters. The molecule has 1 fully saturated rings. The molecule has 0 spiro atoms. The van der Waals surface area contributed by atoms with Crippen molar-refractivity contribution in [3.8, 4) is 11.1 Å². The highest BCUT2D eigenvalue weighted by atomic mass is 19.1. The Bertz CT molecular complexity index is 839. The van der Waals surface area contributed by atoms with Crippen LogP contribution in [0, 0.1) is 11.7 Å². The van der Waals surface area contributed by atoms with Gasteiger partial charge in [-0.25, -0.2) is 4.39 Å². The lowest BCUT2D eigenvalue weighted by Gasteiger charge is -2.09. The molecule has 0 aliphatic heterocycles. The average Bonchev–Trinajstić information content (AvgIpc) is 3.35. The van der Waals surface area contributed by atoms with Crippen LogP contribution in [0.5, 0.6) is 0 Å². The van der Waals surface area contributed by atoms with Gasteiger partial charge in [0, 0.05) is 10.8 Å². The predicted octanol–water partition coefficient (Wildman–Crippen LogP) is 3.97. The maximum Gasteiger partial charge on any atom is 0.154 e. The molecule has 1 saturated carbocycles. The van der Waals surface area contributed by atoms with E-state index in [1.165, 1.54) is 25.0 Å². The fourth-order valence-corrected chi connectivity index (χ4v) is 2.80. The molecule has 110 valence electrons. The van der Waals surface area contributed by atoms with Crippen LogP contribution < -0.4 is 5.73 Å². The molecule has 4 rings (SSSR count). The highest BCUT2D eigenvalue weighted by Gasteiger charge is 2.23. The molecule has 1 aliphatic carbocycles. The summed E-state index contributed by atoms with van der Waals surface area (Å²) >= 11 is 0. The lowest BCUT2D eigenvalue weighted by molar-refractivity contribution is 0.628. The van der Waals surface area contributed by atoms with Crippen LogP contribution in [0.4, 0.5) is 10.2 Å². The molecule has 3 nitrogen and oxygen atoms in total. The molecule has 0 amide bonds. The summed E-state index contributed by atoms with van der Waals surface area (Å²) in [6.07, 6.45) is 3.53. The van der Waals surface area contributed by atoms with Gasteiger partial charge in [0.15, 0.2) is 5.82 Å². The summed E-state index contributed by atoms with van der Waals surface area (Å²) in [5, 5.41) is 10.4. The third-order valence-electron chi connectivity index (χ3n) is 4.24. The van der Waals surface area contributed by atoms with Gasteiger partial charge in [-0.05, 0) is 54.5 Å². The maximum atomic E-state index is 13.1. The lowest BCUT2D eigenvalue weighted by atomic mass is 10.00. The predicted molar refractivity (Wildman–Crippen MR) is 85.8 cm³/mol. The van der Waals surface area contributed by atoms with Crippen molar-refractivity contribution in [1.82, 2.24) is 10.2 Å². The number of rotatable bonds is 3. The van der Waals surface area contributed by atoms with E-state index in [0.29, 0.717) is 5.82 Å². The van der Waals surface area contributed by atoms with Crippen LogP contribution in [0.1, 0.15) is 18.5 Å². The van der Waals surface area contributed by atoms with Gasteiger partial charge in [0.1, 0.15) is 5.82 Å². The number of aromatic nitrogens is 2. The van der Waals surface area contributed by atoms with Gasteiger partial charge in [0.05, 0.1) is 5.69 Å². The van der Waals surface area contributed by atoms with E-state index in [0.717, 1.165) is 39.9 Å². The van der Waals surface area contributed by atoms with Crippen LogP contribution in [0.3, 0.4) is 0 Å². The minimum Gasteiger partial charge on any atom is -0.382 e. The Kier molecular flexibility index (Phi) is 3.03. The second-order valence-corrected chi connectivity index (χ2v) is 5.95. The van der Waals surface area contributed by atoms with Crippen LogP contribution in [-0.4, -0.2) is 10.2 Å². The molecule has 0 radical (unpaired) electrons. The van der Waals surface area contributed by atoms with Crippen LogP contribution in [0.2, 0.25) is 0 Å². The molecule has 0 saturated heterocycles. The van der Waals surface area contributed by atoms with Crippen molar-refractivity contribution in [2.45, 2.75) is 19.3 Å². The number of fused-ring (bicyclic) bond motifs is 1. The number of nitrogen functional groups attached to an aromatic ring is 1. The van der Waals surface area contributed by atoms with Gasteiger partial charge in [0.2, 0.25) is 0 Å². The molecular formula is C18H16FN3. The number of halogens is 1. The third kappa shape index (κ3) is 2.41. The maximum absolute atomic E-state index is 13.1. The zero-order chi connectivity index (χ0) is 15.1. The molecule has 2 aromatic carbocycles. The molecule has 22 heavy (non-hydrogen) atoms. The van der Waals surface area contributed by atoms with Crippen molar-refractivity contribution in [3.63, 3.8) is 0 Å². The van der Waals surface area contributed by atoms with E-state index in [1.807, 2.05) is 12.1 Å². The minimum absolute atomic E-state index is 0.235. The summed E-state index contributed by atoms with van der Waals surface area (Å²) in [5.41, 5.74) is 9.00. The van der Waals surface area contributed by atoms with Crippen molar-refractivity contribution in [1.29, 1.82) is 0 Å². The van der Waals surface area contributed by atoms with Crippen LogP contribution >= 0.6 is 0 Å².